The Hall–Kier alpha value is -3.87. The van der Waals surface area contributed by atoms with Crippen LogP contribution in [0.1, 0.15) is 34.6 Å². The number of aromatic nitrogens is 1. The molecular formula is C25H23N3O4. The van der Waals surface area contributed by atoms with E-state index in [9.17, 15) is 0 Å². The molecule has 0 radical (unpaired) electrons. The zero-order valence-electron chi connectivity index (χ0n) is 17.9. The van der Waals surface area contributed by atoms with Crippen LogP contribution >= 0.6 is 0 Å². The predicted octanol–water partition coefficient (Wildman–Crippen LogP) is 4.14. The van der Waals surface area contributed by atoms with Crippen molar-refractivity contribution in [3.63, 3.8) is 0 Å². The van der Waals surface area contributed by atoms with Gasteiger partial charge >= 0.3 is 0 Å². The lowest BCUT2D eigenvalue weighted by molar-refractivity contribution is 0.317. The maximum atomic E-state index is 5.86. The van der Waals surface area contributed by atoms with Crippen molar-refractivity contribution in [2.45, 2.75) is 12.1 Å². The summed E-state index contributed by atoms with van der Waals surface area (Å²) in [5.74, 6) is 2.68. The molecule has 162 valence electrons. The van der Waals surface area contributed by atoms with E-state index in [1.807, 2.05) is 66.7 Å². The van der Waals surface area contributed by atoms with E-state index >= 15 is 0 Å². The summed E-state index contributed by atoms with van der Waals surface area (Å²) in [5.41, 5.74) is 3.47. The minimum atomic E-state index is -0.0686. The Morgan fingerprint density at radius 2 is 1.09 bits per heavy atom. The monoisotopic (exact) mass is 429 g/mol. The quantitative estimate of drug-likeness (QED) is 0.589. The minimum Gasteiger partial charge on any atom is -0.497 e. The van der Waals surface area contributed by atoms with Crippen LogP contribution in [0.5, 0.6) is 11.5 Å². The van der Waals surface area contributed by atoms with Gasteiger partial charge in [-0.3, -0.25) is 0 Å². The van der Waals surface area contributed by atoms with Crippen molar-refractivity contribution >= 4 is 11.8 Å². The zero-order chi connectivity index (χ0) is 21.9. The molecular weight excluding hydrogens is 406 g/mol. The number of aliphatic imine (C=N–C) groups is 2. The average molecular weight is 429 g/mol. The molecule has 0 bridgehead atoms. The number of hydrogen-bond acceptors (Lipinski definition) is 7. The van der Waals surface area contributed by atoms with Gasteiger partial charge in [0.15, 0.2) is 0 Å². The van der Waals surface area contributed by atoms with E-state index < -0.39 is 0 Å². The molecule has 3 aromatic rings. The molecule has 5 rings (SSSR count). The summed E-state index contributed by atoms with van der Waals surface area (Å²) in [6.45, 7) is 0.953. The van der Waals surface area contributed by atoms with Crippen LogP contribution in [0.25, 0.3) is 0 Å². The van der Waals surface area contributed by atoms with Crippen molar-refractivity contribution in [3.8, 4) is 11.5 Å². The van der Waals surface area contributed by atoms with Gasteiger partial charge in [-0.15, -0.1) is 0 Å². The van der Waals surface area contributed by atoms with E-state index in [-0.39, 0.29) is 12.1 Å². The highest BCUT2D eigenvalue weighted by Gasteiger charge is 2.25. The second-order valence-corrected chi connectivity index (χ2v) is 7.48. The largest absolute Gasteiger partial charge is 0.497 e. The van der Waals surface area contributed by atoms with Crippen molar-refractivity contribution in [3.05, 3.63) is 89.2 Å². The summed E-state index contributed by atoms with van der Waals surface area (Å²) in [5, 5.41) is 0. The molecule has 0 saturated carbocycles. The van der Waals surface area contributed by atoms with Gasteiger partial charge in [0, 0.05) is 0 Å². The van der Waals surface area contributed by atoms with Gasteiger partial charge in [-0.1, -0.05) is 30.3 Å². The molecule has 2 aliphatic rings. The summed E-state index contributed by atoms with van der Waals surface area (Å²) in [6.07, 6.45) is 0. The number of pyridine rings is 1. The molecule has 0 unspecified atom stereocenters. The van der Waals surface area contributed by atoms with Crippen LogP contribution < -0.4 is 9.47 Å². The van der Waals surface area contributed by atoms with Crippen molar-refractivity contribution in [1.82, 2.24) is 4.98 Å². The highest BCUT2D eigenvalue weighted by molar-refractivity contribution is 5.97. The number of hydrogen-bond donors (Lipinski definition) is 0. The van der Waals surface area contributed by atoms with Crippen molar-refractivity contribution in [2.24, 2.45) is 9.98 Å². The Morgan fingerprint density at radius 1 is 0.656 bits per heavy atom. The van der Waals surface area contributed by atoms with Crippen molar-refractivity contribution < 1.29 is 18.9 Å². The van der Waals surface area contributed by atoms with Crippen LogP contribution in [0.3, 0.4) is 0 Å². The maximum Gasteiger partial charge on any atom is 0.236 e. The molecule has 0 aliphatic carbocycles. The van der Waals surface area contributed by atoms with E-state index in [4.69, 9.17) is 33.9 Å². The van der Waals surface area contributed by atoms with Crippen LogP contribution in [0.4, 0.5) is 0 Å². The first-order valence-corrected chi connectivity index (χ1v) is 10.4. The van der Waals surface area contributed by atoms with Crippen LogP contribution in [0, 0.1) is 0 Å². The molecule has 1 aromatic heterocycles. The van der Waals surface area contributed by atoms with Crippen molar-refractivity contribution in [1.29, 1.82) is 0 Å². The standard InChI is InChI=1S/C25H23N3O4/c1-29-18-10-6-16(7-11-18)22-14-31-24(27-22)20-4-3-5-21(26-20)25-28-23(15-32-25)17-8-12-19(30-2)13-9-17/h3-13,22-23H,14-15H2,1-2H3/t22-,23-/m1/s1. The Kier molecular flexibility index (Phi) is 5.46. The number of methoxy groups -OCH3 is 2. The number of nitrogens with zero attached hydrogens (tertiary/aromatic N) is 3. The molecule has 0 fully saturated rings. The van der Waals surface area contributed by atoms with Crippen LogP contribution in [-0.2, 0) is 9.47 Å². The zero-order valence-corrected chi connectivity index (χ0v) is 17.9. The summed E-state index contributed by atoms with van der Waals surface area (Å²) < 4.78 is 22.2. The highest BCUT2D eigenvalue weighted by Crippen LogP contribution is 2.28. The van der Waals surface area contributed by atoms with Gasteiger partial charge in [-0.05, 0) is 47.5 Å². The summed E-state index contributed by atoms with van der Waals surface area (Å²) >= 11 is 0. The first kappa shape index (κ1) is 20.1. The lowest BCUT2D eigenvalue weighted by Crippen LogP contribution is -2.09. The summed E-state index contributed by atoms with van der Waals surface area (Å²) in [6, 6.07) is 21.3. The Balaban J connectivity index is 1.34. The molecule has 32 heavy (non-hydrogen) atoms. The Labute approximate surface area is 186 Å². The topological polar surface area (TPSA) is 74.5 Å². The third-order valence-corrected chi connectivity index (χ3v) is 5.49. The fraction of sp³-hybridized carbons (Fsp3) is 0.240. The minimum absolute atomic E-state index is 0.0686. The Morgan fingerprint density at radius 3 is 1.50 bits per heavy atom. The number of rotatable bonds is 6. The van der Waals surface area contributed by atoms with Gasteiger partial charge in [0.25, 0.3) is 0 Å². The maximum absolute atomic E-state index is 5.86. The SMILES string of the molecule is COc1ccc([C@H]2COC(c3cccc(C4=N[C@@H](c5ccc(OC)cc5)CO4)n3)=N2)cc1. The second-order valence-electron chi connectivity index (χ2n) is 7.48. The number of benzene rings is 2. The van der Waals surface area contributed by atoms with Gasteiger partial charge in [-0.25, -0.2) is 15.0 Å². The first-order chi connectivity index (χ1) is 15.7. The summed E-state index contributed by atoms with van der Waals surface area (Å²) in [4.78, 5) is 14.2. The normalized spacial score (nSPS) is 19.6. The molecule has 0 spiro atoms. The van der Waals surface area contributed by atoms with Crippen LogP contribution in [0.15, 0.2) is 76.7 Å². The molecule has 7 heteroatoms. The number of ether oxygens (including phenoxy) is 4. The van der Waals surface area contributed by atoms with Gasteiger partial charge in [0.2, 0.25) is 11.8 Å². The van der Waals surface area contributed by atoms with Crippen LogP contribution in [-0.4, -0.2) is 44.2 Å². The highest BCUT2D eigenvalue weighted by atomic mass is 16.5. The third-order valence-electron chi connectivity index (χ3n) is 5.49. The fourth-order valence-corrected chi connectivity index (χ4v) is 3.69. The molecule has 0 N–H and O–H groups in total. The van der Waals surface area contributed by atoms with Crippen LogP contribution in [0.2, 0.25) is 0 Å². The van der Waals surface area contributed by atoms with Gasteiger partial charge in [-0.2, -0.15) is 0 Å². The molecule has 2 aliphatic heterocycles. The van der Waals surface area contributed by atoms with E-state index in [2.05, 4.69) is 0 Å². The van der Waals surface area contributed by atoms with E-state index in [0.29, 0.717) is 36.4 Å². The lowest BCUT2D eigenvalue weighted by Gasteiger charge is -2.06. The first-order valence-electron chi connectivity index (χ1n) is 10.4. The van der Waals surface area contributed by atoms with E-state index in [1.165, 1.54) is 0 Å². The molecule has 0 amide bonds. The Bertz CT molecular complexity index is 1070. The van der Waals surface area contributed by atoms with Gasteiger partial charge < -0.3 is 18.9 Å². The predicted molar refractivity (Wildman–Crippen MR) is 121 cm³/mol. The lowest BCUT2D eigenvalue weighted by atomic mass is 10.1. The second kappa shape index (κ2) is 8.70. The molecule has 2 aromatic carbocycles. The average Bonchev–Trinajstić information content (AvgIpc) is 3.55. The van der Waals surface area contributed by atoms with Crippen molar-refractivity contribution in [2.75, 3.05) is 27.4 Å². The summed E-state index contributed by atoms with van der Waals surface area (Å²) in [7, 11) is 3.31. The fourth-order valence-electron chi connectivity index (χ4n) is 3.69. The third kappa shape index (κ3) is 4.01. The molecule has 7 nitrogen and oxygen atoms in total. The molecule has 0 saturated heterocycles. The van der Waals surface area contributed by atoms with Gasteiger partial charge in [0.1, 0.15) is 48.2 Å². The molecule has 3 heterocycles. The van der Waals surface area contributed by atoms with E-state index in [1.54, 1.807) is 14.2 Å². The van der Waals surface area contributed by atoms with Gasteiger partial charge in [0.05, 0.1) is 14.2 Å². The molecule has 2 atom stereocenters. The smallest absolute Gasteiger partial charge is 0.236 e. The van der Waals surface area contributed by atoms with E-state index in [0.717, 1.165) is 22.6 Å².